The third-order valence-corrected chi connectivity index (χ3v) is 2.90. The Morgan fingerprint density at radius 1 is 1.05 bits per heavy atom. The van der Waals surface area contributed by atoms with Gasteiger partial charge >= 0.3 is 5.97 Å². The Morgan fingerprint density at radius 3 is 2.30 bits per heavy atom. The van der Waals surface area contributed by atoms with Gasteiger partial charge in [0.25, 0.3) is 5.78 Å². The molecule has 0 spiro atoms. The fourth-order valence-electron chi connectivity index (χ4n) is 1.88. The van der Waals surface area contributed by atoms with Gasteiger partial charge in [-0.15, -0.1) is 0 Å². The zero-order chi connectivity index (χ0) is 14.5. The van der Waals surface area contributed by atoms with Gasteiger partial charge < -0.3 is 9.47 Å². The average Bonchev–Trinajstić information content (AvgIpc) is 2.50. The summed E-state index contributed by atoms with van der Waals surface area (Å²) in [6.07, 6.45) is 2.73. The highest BCUT2D eigenvalue weighted by Crippen LogP contribution is 2.26. The molecular formula is C16H14O4. The van der Waals surface area contributed by atoms with Crippen LogP contribution in [0.2, 0.25) is 0 Å². The predicted molar refractivity (Wildman–Crippen MR) is 76.6 cm³/mol. The third kappa shape index (κ3) is 2.85. The lowest BCUT2D eigenvalue weighted by Gasteiger charge is -2.07. The molecule has 102 valence electrons. The molecule has 0 saturated heterocycles. The lowest BCUT2D eigenvalue weighted by Crippen LogP contribution is -2.12. The minimum Gasteiger partial charge on any atom is -0.496 e. The maximum atomic E-state index is 11.4. The summed E-state index contributed by atoms with van der Waals surface area (Å²) in [5.41, 5.74) is 0.725. The number of methoxy groups -OCH3 is 2. The number of hydrogen-bond donors (Lipinski definition) is 0. The molecule has 4 nitrogen and oxygen atoms in total. The number of carbonyl (C=O) groups is 2. The van der Waals surface area contributed by atoms with Gasteiger partial charge in [-0.3, -0.25) is 4.79 Å². The smallest absolute Gasteiger partial charge is 0.378 e. The lowest BCUT2D eigenvalue weighted by atomic mass is 10.1. The van der Waals surface area contributed by atoms with E-state index >= 15 is 0 Å². The minimum atomic E-state index is -0.888. The first-order chi connectivity index (χ1) is 9.65. The van der Waals surface area contributed by atoms with Crippen LogP contribution in [0.25, 0.3) is 16.8 Å². The average molecular weight is 270 g/mol. The number of esters is 1. The molecule has 0 saturated carbocycles. The van der Waals surface area contributed by atoms with Gasteiger partial charge in [0, 0.05) is 5.56 Å². The van der Waals surface area contributed by atoms with E-state index in [0.717, 1.165) is 16.3 Å². The Hall–Kier alpha value is -2.62. The van der Waals surface area contributed by atoms with Crippen molar-refractivity contribution in [3.63, 3.8) is 0 Å². The summed E-state index contributed by atoms with van der Waals surface area (Å²) >= 11 is 0. The molecule has 0 bridgehead atoms. The van der Waals surface area contributed by atoms with Crippen LogP contribution in [0.15, 0.2) is 42.5 Å². The number of rotatable bonds is 4. The summed E-state index contributed by atoms with van der Waals surface area (Å²) in [5, 5.41) is 2.07. The van der Waals surface area contributed by atoms with Crippen molar-refractivity contribution in [1.82, 2.24) is 0 Å². The largest absolute Gasteiger partial charge is 0.496 e. The molecule has 4 heteroatoms. The molecule has 0 unspecified atom stereocenters. The van der Waals surface area contributed by atoms with E-state index in [1.165, 1.54) is 13.2 Å². The second-order valence-electron chi connectivity index (χ2n) is 4.13. The van der Waals surface area contributed by atoms with Gasteiger partial charge in [0.1, 0.15) is 5.75 Å². The lowest BCUT2D eigenvalue weighted by molar-refractivity contribution is -0.149. The number of hydrogen-bond acceptors (Lipinski definition) is 4. The normalized spacial score (nSPS) is 10.7. The molecule has 0 aliphatic rings. The summed E-state index contributed by atoms with van der Waals surface area (Å²) in [6.45, 7) is 0. The highest BCUT2D eigenvalue weighted by Gasteiger charge is 2.10. The van der Waals surface area contributed by atoms with Crippen molar-refractivity contribution >= 4 is 28.6 Å². The van der Waals surface area contributed by atoms with Crippen LogP contribution < -0.4 is 4.74 Å². The van der Waals surface area contributed by atoms with E-state index in [1.807, 2.05) is 36.4 Å². The standard InChI is InChI=1S/C16H14O4/c1-19-15-10-12-6-4-3-5-11(12)9-13(15)7-8-14(17)16(18)20-2/h3-10H,1-2H3/b8-7+. The highest BCUT2D eigenvalue weighted by atomic mass is 16.5. The molecule has 0 aliphatic carbocycles. The van der Waals surface area contributed by atoms with Crippen molar-refractivity contribution in [3.05, 3.63) is 48.0 Å². The monoisotopic (exact) mass is 270 g/mol. The van der Waals surface area contributed by atoms with Gasteiger partial charge in [-0.25, -0.2) is 4.79 Å². The van der Waals surface area contributed by atoms with E-state index in [0.29, 0.717) is 5.75 Å². The van der Waals surface area contributed by atoms with Crippen molar-refractivity contribution < 1.29 is 19.1 Å². The molecule has 0 radical (unpaired) electrons. The molecule has 0 heterocycles. The second-order valence-corrected chi connectivity index (χ2v) is 4.13. The summed E-state index contributed by atoms with van der Waals surface area (Å²) in [4.78, 5) is 22.5. The molecule has 0 amide bonds. The predicted octanol–water partition coefficient (Wildman–Crippen LogP) is 2.60. The molecule has 0 fully saturated rings. The summed E-state index contributed by atoms with van der Waals surface area (Å²) in [7, 11) is 2.73. The van der Waals surface area contributed by atoms with E-state index in [9.17, 15) is 9.59 Å². The maximum absolute atomic E-state index is 11.4. The third-order valence-electron chi connectivity index (χ3n) is 2.90. The van der Waals surface area contributed by atoms with Crippen molar-refractivity contribution in [2.24, 2.45) is 0 Å². The molecule has 2 rings (SSSR count). The van der Waals surface area contributed by atoms with Crippen LogP contribution in [0.1, 0.15) is 5.56 Å². The molecule has 0 aliphatic heterocycles. The topological polar surface area (TPSA) is 52.6 Å². The Bertz CT molecular complexity index is 686. The van der Waals surface area contributed by atoms with Gasteiger partial charge in [0.15, 0.2) is 0 Å². The quantitative estimate of drug-likeness (QED) is 0.487. The van der Waals surface area contributed by atoms with Gasteiger partial charge in [-0.1, -0.05) is 24.3 Å². The molecule has 0 aromatic heterocycles. The van der Waals surface area contributed by atoms with Crippen LogP contribution in [0, 0.1) is 0 Å². The fourth-order valence-corrected chi connectivity index (χ4v) is 1.88. The number of carbonyl (C=O) groups excluding carboxylic acids is 2. The highest BCUT2D eigenvalue weighted by molar-refractivity contribution is 6.39. The molecular weight excluding hydrogens is 256 g/mol. The van der Waals surface area contributed by atoms with E-state index in [2.05, 4.69) is 4.74 Å². The van der Waals surface area contributed by atoms with Crippen LogP contribution in [0.4, 0.5) is 0 Å². The van der Waals surface area contributed by atoms with Gasteiger partial charge in [0.05, 0.1) is 14.2 Å². The maximum Gasteiger partial charge on any atom is 0.378 e. The summed E-state index contributed by atoms with van der Waals surface area (Å²) in [6, 6.07) is 11.6. The number of fused-ring (bicyclic) bond motifs is 1. The fraction of sp³-hybridized carbons (Fsp3) is 0.125. The van der Waals surface area contributed by atoms with Crippen molar-refractivity contribution in [2.45, 2.75) is 0 Å². The van der Waals surface area contributed by atoms with Crippen LogP contribution in [-0.4, -0.2) is 26.0 Å². The summed E-state index contributed by atoms with van der Waals surface area (Å²) < 4.78 is 9.65. The molecule has 2 aromatic rings. The number of ketones is 1. The first kappa shape index (κ1) is 13.8. The van der Waals surface area contributed by atoms with E-state index < -0.39 is 11.8 Å². The summed E-state index contributed by atoms with van der Waals surface area (Å²) in [5.74, 6) is -0.957. The first-order valence-electron chi connectivity index (χ1n) is 6.03. The minimum absolute atomic E-state index is 0.637. The van der Waals surface area contributed by atoms with Gasteiger partial charge in [-0.2, -0.15) is 0 Å². The Morgan fingerprint density at radius 2 is 1.70 bits per heavy atom. The van der Waals surface area contributed by atoms with E-state index in [1.54, 1.807) is 13.2 Å². The zero-order valence-corrected chi connectivity index (χ0v) is 11.3. The van der Waals surface area contributed by atoms with Gasteiger partial charge in [0.2, 0.25) is 0 Å². The van der Waals surface area contributed by atoms with Crippen molar-refractivity contribution in [3.8, 4) is 5.75 Å². The van der Waals surface area contributed by atoms with Crippen LogP contribution >= 0.6 is 0 Å². The number of benzene rings is 2. The molecule has 0 atom stereocenters. The van der Waals surface area contributed by atoms with E-state index in [-0.39, 0.29) is 0 Å². The van der Waals surface area contributed by atoms with Crippen molar-refractivity contribution in [1.29, 1.82) is 0 Å². The van der Waals surface area contributed by atoms with E-state index in [4.69, 9.17) is 4.74 Å². The first-order valence-corrected chi connectivity index (χ1v) is 6.03. The van der Waals surface area contributed by atoms with Crippen molar-refractivity contribution in [2.75, 3.05) is 14.2 Å². The van der Waals surface area contributed by atoms with Crippen LogP contribution in [0.5, 0.6) is 5.75 Å². The zero-order valence-electron chi connectivity index (χ0n) is 11.3. The molecule has 2 aromatic carbocycles. The Balaban J connectivity index is 2.40. The Labute approximate surface area is 116 Å². The van der Waals surface area contributed by atoms with Crippen LogP contribution in [-0.2, 0) is 14.3 Å². The van der Waals surface area contributed by atoms with Gasteiger partial charge in [-0.05, 0) is 35.1 Å². The molecule has 20 heavy (non-hydrogen) atoms. The number of ether oxygens (including phenoxy) is 2. The van der Waals surface area contributed by atoms with Crippen LogP contribution in [0.3, 0.4) is 0 Å². The second kappa shape index (κ2) is 6.02. The SMILES string of the molecule is COC(=O)C(=O)/C=C/c1cc2ccccc2cc1OC. The Kier molecular flexibility index (Phi) is 4.15. The molecule has 0 N–H and O–H groups in total.